The van der Waals surface area contributed by atoms with Crippen LogP contribution in [0, 0.1) is 13.8 Å². The van der Waals surface area contributed by atoms with Crippen LogP contribution in [0.25, 0.3) is 0 Å². The highest BCUT2D eigenvalue weighted by atomic mass is 16.7. The third-order valence-electron chi connectivity index (χ3n) is 5.79. The quantitative estimate of drug-likeness (QED) is 0.0755. The lowest BCUT2D eigenvalue weighted by atomic mass is 10.1. The van der Waals surface area contributed by atoms with Gasteiger partial charge in [-0.1, -0.05) is 24.3 Å². The second kappa shape index (κ2) is 15.6. The van der Waals surface area contributed by atoms with Crippen LogP contribution < -0.4 is 14.2 Å². The van der Waals surface area contributed by atoms with Crippen molar-refractivity contribution in [2.24, 2.45) is 0 Å². The Morgan fingerprint density at radius 3 is 1.76 bits per heavy atom. The number of benzene rings is 3. The molecule has 0 N–H and O–H groups in total. The molecule has 3 aromatic carbocycles. The Balaban J connectivity index is 1.38. The molecule has 0 spiro atoms. The lowest BCUT2D eigenvalue weighted by Gasteiger charge is -2.09. The smallest absolute Gasteiger partial charge is 0.463 e. The second-order valence-electron chi connectivity index (χ2n) is 9.08. The number of hydrogen-bond acceptors (Lipinski definition) is 9. The fourth-order valence-corrected chi connectivity index (χ4v) is 3.63. The molecule has 0 aliphatic heterocycles. The molecule has 0 atom stereocenters. The number of hydrogen-bond donors (Lipinski definition) is 0. The van der Waals surface area contributed by atoms with Gasteiger partial charge in [-0.3, -0.25) is 0 Å². The van der Waals surface area contributed by atoms with Crippen LogP contribution >= 0.6 is 0 Å². The zero-order valence-electron chi connectivity index (χ0n) is 23.1. The van der Waals surface area contributed by atoms with Gasteiger partial charge in [-0.25, -0.2) is 19.2 Å². The van der Waals surface area contributed by atoms with Gasteiger partial charge >= 0.3 is 24.1 Å². The van der Waals surface area contributed by atoms with Crippen LogP contribution in [0.15, 0.2) is 79.4 Å². The highest BCUT2D eigenvalue weighted by Crippen LogP contribution is 2.22. The first-order chi connectivity index (χ1) is 19.7. The van der Waals surface area contributed by atoms with Crippen molar-refractivity contribution in [3.8, 4) is 17.2 Å². The highest BCUT2D eigenvalue weighted by molar-refractivity contribution is 5.93. The van der Waals surface area contributed by atoms with Crippen LogP contribution in [0.5, 0.6) is 17.2 Å². The van der Waals surface area contributed by atoms with Gasteiger partial charge in [-0.05, 0) is 99.7 Å². The van der Waals surface area contributed by atoms with Gasteiger partial charge in [0.1, 0.15) is 17.2 Å². The van der Waals surface area contributed by atoms with Gasteiger partial charge in [0.15, 0.2) is 0 Å². The molecule has 3 aromatic rings. The van der Waals surface area contributed by atoms with Crippen molar-refractivity contribution in [1.82, 2.24) is 0 Å². The monoisotopic (exact) mass is 560 g/mol. The van der Waals surface area contributed by atoms with Crippen molar-refractivity contribution in [3.63, 3.8) is 0 Å². The molecule has 0 heterocycles. The summed E-state index contributed by atoms with van der Waals surface area (Å²) in [5.41, 5.74) is 2.47. The number of carbonyl (C=O) groups excluding carboxylic acids is 4. The molecule has 0 aromatic heterocycles. The fraction of sp³-hybridized carbons (Fsp3) is 0.250. The van der Waals surface area contributed by atoms with Crippen molar-refractivity contribution >= 4 is 24.1 Å². The molecular formula is C32H32O9. The number of rotatable bonds is 13. The zero-order valence-corrected chi connectivity index (χ0v) is 23.1. The van der Waals surface area contributed by atoms with Crippen LogP contribution in [0.4, 0.5) is 4.79 Å². The summed E-state index contributed by atoms with van der Waals surface area (Å²) >= 11 is 0. The summed E-state index contributed by atoms with van der Waals surface area (Å²) < 4.78 is 25.9. The molecule has 9 heteroatoms. The first-order valence-corrected chi connectivity index (χ1v) is 13.1. The summed E-state index contributed by atoms with van der Waals surface area (Å²) in [6, 6.07) is 17.4. The maximum absolute atomic E-state index is 12.5. The number of aryl methyl sites for hydroxylation is 2. The average molecular weight is 561 g/mol. The van der Waals surface area contributed by atoms with E-state index >= 15 is 0 Å². The van der Waals surface area contributed by atoms with Gasteiger partial charge in [0.2, 0.25) is 0 Å². The second-order valence-corrected chi connectivity index (χ2v) is 9.08. The molecule has 0 fully saturated rings. The van der Waals surface area contributed by atoms with E-state index < -0.39 is 24.1 Å². The fourth-order valence-electron chi connectivity index (χ4n) is 3.63. The lowest BCUT2D eigenvalue weighted by Crippen LogP contribution is -2.12. The van der Waals surface area contributed by atoms with E-state index in [2.05, 4.69) is 6.58 Å². The van der Waals surface area contributed by atoms with Crippen molar-refractivity contribution in [1.29, 1.82) is 0 Å². The Bertz CT molecular complexity index is 1360. The predicted molar refractivity (Wildman–Crippen MR) is 150 cm³/mol. The molecule has 0 amide bonds. The minimum absolute atomic E-state index is 0.192. The van der Waals surface area contributed by atoms with E-state index in [0.29, 0.717) is 30.8 Å². The molecule has 0 unspecified atom stereocenters. The maximum Gasteiger partial charge on any atom is 0.513 e. The lowest BCUT2D eigenvalue weighted by molar-refractivity contribution is -0.137. The number of carbonyl (C=O) groups is 4. The zero-order chi connectivity index (χ0) is 29.6. The molecular weight excluding hydrogens is 528 g/mol. The van der Waals surface area contributed by atoms with Crippen LogP contribution in [-0.4, -0.2) is 37.3 Å². The molecule has 0 bridgehead atoms. The van der Waals surface area contributed by atoms with E-state index in [1.54, 1.807) is 6.07 Å². The van der Waals surface area contributed by atoms with Crippen LogP contribution in [0.1, 0.15) is 57.5 Å². The molecule has 0 aliphatic rings. The van der Waals surface area contributed by atoms with Gasteiger partial charge < -0.3 is 23.7 Å². The van der Waals surface area contributed by atoms with Crippen molar-refractivity contribution in [3.05, 3.63) is 102 Å². The van der Waals surface area contributed by atoms with E-state index in [1.807, 2.05) is 26.0 Å². The minimum atomic E-state index is -0.851. The van der Waals surface area contributed by atoms with Crippen molar-refractivity contribution < 1.29 is 42.9 Å². The molecule has 0 radical (unpaired) electrons. The molecule has 41 heavy (non-hydrogen) atoms. The Hall–Kier alpha value is -4.92. The summed E-state index contributed by atoms with van der Waals surface area (Å²) in [4.78, 5) is 47.8. The topological polar surface area (TPSA) is 114 Å². The molecule has 9 nitrogen and oxygen atoms in total. The van der Waals surface area contributed by atoms with Crippen LogP contribution in [0.3, 0.4) is 0 Å². The maximum atomic E-state index is 12.5. The van der Waals surface area contributed by atoms with E-state index in [1.165, 1.54) is 48.5 Å². The van der Waals surface area contributed by atoms with Gasteiger partial charge in [-0.2, -0.15) is 0 Å². The first kappa shape index (κ1) is 30.6. The largest absolute Gasteiger partial charge is 0.513 e. The van der Waals surface area contributed by atoms with E-state index in [4.69, 9.17) is 23.7 Å². The Morgan fingerprint density at radius 2 is 1.20 bits per heavy atom. The van der Waals surface area contributed by atoms with Gasteiger partial charge in [0, 0.05) is 6.08 Å². The number of ether oxygens (including phenoxy) is 5. The molecule has 0 saturated carbocycles. The molecule has 3 rings (SSSR count). The molecule has 0 saturated heterocycles. The molecule has 0 aliphatic carbocycles. The van der Waals surface area contributed by atoms with Crippen LogP contribution in [-0.2, 0) is 14.3 Å². The summed E-state index contributed by atoms with van der Waals surface area (Å²) in [6.07, 6.45) is 3.25. The summed E-state index contributed by atoms with van der Waals surface area (Å²) in [6.45, 7) is 7.67. The van der Waals surface area contributed by atoms with Gasteiger partial charge in [0.25, 0.3) is 0 Å². The number of esters is 3. The Labute approximate surface area is 238 Å². The summed E-state index contributed by atoms with van der Waals surface area (Å²) in [5.74, 6) is -0.645. The predicted octanol–water partition coefficient (Wildman–Crippen LogP) is 6.55. The van der Waals surface area contributed by atoms with Gasteiger partial charge in [-0.15, -0.1) is 0 Å². The van der Waals surface area contributed by atoms with E-state index in [9.17, 15) is 19.2 Å². The normalized spacial score (nSPS) is 10.3. The van der Waals surface area contributed by atoms with E-state index in [-0.39, 0.29) is 23.7 Å². The SMILES string of the molecule is C=CC(=O)OCCCCCCOC(=O)Oc1ccc(C(=O)Oc2ccc(C(=O)Oc3ccc(C)cc3C)cc2)cc1. The highest BCUT2D eigenvalue weighted by Gasteiger charge is 2.14. The Morgan fingerprint density at radius 1 is 0.659 bits per heavy atom. The standard InChI is InChI=1S/C32H32O9/c1-4-29(33)37-19-7-5-6-8-20-38-32(36)40-27-16-12-24(13-17-27)30(34)39-26-14-10-25(11-15-26)31(35)41-28-18-9-22(2)21-23(28)3/h4,9-18,21H,1,5-8,19-20H2,2-3H3. The number of unbranched alkanes of at least 4 members (excludes halogenated alkanes) is 3. The van der Waals surface area contributed by atoms with Crippen molar-refractivity contribution in [2.45, 2.75) is 39.5 Å². The van der Waals surface area contributed by atoms with Crippen molar-refractivity contribution in [2.75, 3.05) is 13.2 Å². The van der Waals surface area contributed by atoms with E-state index in [0.717, 1.165) is 30.0 Å². The summed E-state index contributed by atoms with van der Waals surface area (Å²) in [7, 11) is 0. The third-order valence-corrected chi connectivity index (χ3v) is 5.79. The van der Waals surface area contributed by atoms with Crippen LogP contribution in [0.2, 0.25) is 0 Å². The third kappa shape index (κ3) is 10.3. The average Bonchev–Trinajstić information content (AvgIpc) is 2.96. The first-order valence-electron chi connectivity index (χ1n) is 13.1. The molecule has 214 valence electrons. The summed E-state index contributed by atoms with van der Waals surface area (Å²) in [5, 5.41) is 0. The minimum Gasteiger partial charge on any atom is -0.463 e. The Kier molecular flexibility index (Phi) is 11.7. The van der Waals surface area contributed by atoms with Gasteiger partial charge in [0.05, 0.1) is 24.3 Å².